The molecule has 0 aliphatic rings. The van der Waals surface area contributed by atoms with Gasteiger partial charge in [-0.1, -0.05) is 6.92 Å². The van der Waals surface area contributed by atoms with Crippen molar-refractivity contribution in [2.45, 2.75) is 38.2 Å². The van der Waals surface area contributed by atoms with Crippen LogP contribution in [0.1, 0.15) is 36.2 Å². The van der Waals surface area contributed by atoms with Gasteiger partial charge in [-0.25, -0.2) is 17.6 Å². The first-order chi connectivity index (χ1) is 8.66. The van der Waals surface area contributed by atoms with E-state index in [1.165, 1.54) is 6.92 Å². The number of carbonyl (C=O) groups is 1. The summed E-state index contributed by atoms with van der Waals surface area (Å²) in [5.41, 5.74) is -0.308. The molecule has 0 fully saturated rings. The predicted octanol–water partition coefficient (Wildman–Crippen LogP) is 3.02. The zero-order chi connectivity index (χ0) is 14.8. The summed E-state index contributed by atoms with van der Waals surface area (Å²) in [5, 5.41) is 0. The van der Waals surface area contributed by atoms with Crippen LogP contribution in [0, 0.1) is 12.7 Å². The lowest BCUT2D eigenvalue weighted by Crippen LogP contribution is -2.15. The molecule has 1 aromatic rings. The van der Waals surface area contributed by atoms with Gasteiger partial charge in [0.25, 0.3) is 9.05 Å². The van der Waals surface area contributed by atoms with Gasteiger partial charge in [-0.15, -0.1) is 0 Å². The molecular formula is C12H14ClFO4S. The summed E-state index contributed by atoms with van der Waals surface area (Å²) in [6, 6.07) is 1.96. The Labute approximate surface area is 115 Å². The predicted molar refractivity (Wildman–Crippen MR) is 69.3 cm³/mol. The minimum Gasteiger partial charge on any atom is -0.459 e. The number of ether oxygens (including phenoxy) is 1. The molecular weight excluding hydrogens is 295 g/mol. The van der Waals surface area contributed by atoms with Crippen LogP contribution in [0.5, 0.6) is 0 Å². The maximum absolute atomic E-state index is 13.6. The van der Waals surface area contributed by atoms with Crippen molar-refractivity contribution in [3.63, 3.8) is 0 Å². The highest BCUT2D eigenvalue weighted by Gasteiger charge is 2.21. The SMILES string of the molecule is CCC(C)OC(=O)c1cc(F)c(C)c(S(=O)(=O)Cl)c1. The zero-order valence-corrected chi connectivity index (χ0v) is 12.3. The Morgan fingerprint density at radius 1 is 1.47 bits per heavy atom. The molecule has 7 heteroatoms. The molecule has 4 nitrogen and oxygen atoms in total. The van der Waals surface area contributed by atoms with E-state index >= 15 is 0 Å². The Bertz CT molecular complexity index is 598. The largest absolute Gasteiger partial charge is 0.459 e. The molecule has 0 aliphatic carbocycles. The Hall–Kier alpha value is -1.14. The van der Waals surface area contributed by atoms with E-state index in [1.54, 1.807) is 6.92 Å². The molecule has 0 aromatic heterocycles. The van der Waals surface area contributed by atoms with Crippen LogP contribution >= 0.6 is 10.7 Å². The zero-order valence-electron chi connectivity index (χ0n) is 10.7. The summed E-state index contributed by atoms with van der Waals surface area (Å²) in [5.74, 6) is -1.60. The molecule has 0 radical (unpaired) electrons. The van der Waals surface area contributed by atoms with Crippen LogP contribution in [0.25, 0.3) is 0 Å². The van der Waals surface area contributed by atoms with Crippen LogP contribution in [-0.4, -0.2) is 20.5 Å². The van der Waals surface area contributed by atoms with Crippen molar-refractivity contribution in [2.24, 2.45) is 0 Å². The number of esters is 1. The molecule has 0 amide bonds. The number of carbonyl (C=O) groups excluding carboxylic acids is 1. The van der Waals surface area contributed by atoms with E-state index in [4.69, 9.17) is 15.4 Å². The van der Waals surface area contributed by atoms with Crippen molar-refractivity contribution in [2.75, 3.05) is 0 Å². The molecule has 0 saturated heterocycles. The number of halogens is 2. The van der Waals surface area contributed by atoms with Crippen molar-refractivity contribution in [1.82, 2.24) is 0 Å². The van der Waals surface area contributed by atoms with E-state index in [0.29, 0.717) is 6.42 Å². The second-order valence-electron chi connectivity index (χ2n) is 4.14. The van der Waals surface area contributed by atoms with E-state index in [0.717, 1.165) is 12.1 Å². The lowest BCUT2D eigenvalue weighted by Gasteiger charge is -2.12. The van der Waals surface area contributed by atoms with Gasteiger partial charge in [-0.3, -0.25) is 0 Å². The molecule has 1 atom stereocenters. The number of rotatable bonds is 4. The van der Waals surface area contributed by atoms with Gasteiger partial charge in [-0.05, 0) is 32.4 Å². The normalized spacial score (nSPS) is 13.1. The fourth-order valence-corrected chi connectivity index (χ4v) is 2.57. The molecule has 1 unspecified atom stereocenters. The van der Waals surface area contributed by atoms with E-state index < -0.39 is 25.7 Å². The van der Waals surface area contributed by atoms with Crippen molar-refractivity contribution in [3.8, 4) is 0 Å². The topological polar surface area (TPSA) is 60.4 Å². The van der Waals surface area contributed by atoms with E-state index in [-0.39, 0.29) is 17.2 Å². The van der Waals surface area contributed by atoms with Gasteiger partial charge in [0, 0.05) is 16.2 Å². The molecule has 1 aromatic carbocycles. The maximum atomic E-state index is 13.6. The quantitative estimate of drug-likeness (QED) is 0.633. The van der Waals surface area contributed by atoms with Gasteiger partial charge < -0.3 is 4.74 Å². The van der Waals surface area contributed by atoms with Crippen LogP contribution in [0.15, 0.2) is 17.0 Å². The molecule has 106 valence electrons. The van der Waals surface area contributed by atoms with Gasteiger partial charge in [0.15, 0.2) is 0 Å². The van der Waals surface area contributed by atoms with Gasteiger partial charge in [0.1, 0.15) is 5.82 Å². The van der Waals surface area contributed by atoms with Crippen LogP contribution in [0.4, 0.5) is 4.39 Å². The molecule has 0 heterocycles. The fourth-order valence-electron chi connectivity index (χ4n) is 1.36. The molecule has 19 heavy (non-hydrogen) atoms. The monoisotopic (exact) mass is 308 g/mol. The maximum Gasteiger partial charge on any atom is 0.338 e. The van der Waals surface area contributed by atoms with Crippen LogP contribution < -0.4 is 0 Å². The van der Waals surface area contributed by atoms with Gasteiger partial charge >= 0.3 is 5.97 Å². The van der Waals surface area contributed by atoms with Crippen LogP contribution in [0.2, 0.25) is 0 Å². The van der Waals surface area contributed by atoms with E-state index in [1.807, 2.05) is 6.92 Å². The summed E-state index contributed by atoms with van der Waals surface area (Å²) >= 11 is 0. The highest BCUT2D eigenvalue weighted by Crippen LogP contribution is 2.24. The second-order valence-corrected chi connectivity index (χ2v) is 6.68. The molecule has 0 bridgehead atoms. The first-order valence-electron chi connectivity index (χ1n) is 5.62. The van der Waals surface area contributed by atoms with Crippen molar-refractivity contribution in [3.05, 3.63) is 29.1 Å². The van der Waals surface area contributed by atoms with Gasteiger partial charge in [0.2, 0.25) is 0 Å². The smallest absolute Gasteiger partial charge is 0.338 e. The summed E-state index contributed by atoms with van der Waals surface area (Å²) in [7, 11) is 1.08. The first kappa shape index (κ1) is 15.9. The third-order valence-corrected chi connectivity index (χ3v) is 4.13. The highest BCUT2D eigenvalue weighted by atomic mass is 35.7. The Morgan fingerprint density at radius 3 is 2.53 bits per heavy atom. The summed E-state index contributed by atoms with van der Waals surface area (Å²) in [6.07, 6.45) is 0.258. The van der Waals surface area contributed by atoms with Gasteiger partial charge in [-0.2, -0.15) is 0 Å². The average Bonchev–Trinajstić information content (AvgIpc) is 2.30. The Kier molecular flexibility index (Phi) is 4.92. The van der Waals surface area contributed by atoms with E-state index in [9.17, 15) is 17.6 Å². The summed E-state index contributed by atoms with van der Waals surface area (Å²) in [4.78, 5) is 11.3. The molecule has 1 rings (SSSR count). The van der Waals surface area contributed by atoms with Crippen molar-refractivity contribution < 1.29 is 22.3 Å². The van der Waals surface area contributed by atoms with E-state index in [2.05, 4.69) is 0 Å². The second kappa shape index (κ2) is 5.88. The van der Waals surface area contributed by atoms with Crippen LogP contribution in [0.3, 0.4) is 0 Å². The first-order valence-corrected chi connectivity index (χ1v) is 7.93. The minimum atomic E-state index is -4.12. The Morgan fingerprint density at radius 2 is 2.05 bits per heavy atom. The van der Waals surface area contributed by atoms with Crippen molar-refractivity contribution in [1.29, 1.82) is 0 Å². The Balaban J connectivity index is 3.25. The minimum absolute atomic E-state index is 0.130. The van der Waals surface area contributed by atoms with Crippen LogP contribution in [-0.2, 0) is 13.8 Å². The number of benzene rings is 1. The lowest BCUT2D eigenvalue weighted by molar-refractivity contribution is 0.0333. The van der Waals surface area contributed by atoms with Crippen molar-refractivity contribution >= 4 is 25.7 Å². The molecule has 0 N–H and O–H groups in total. The summed E-state index contributed by atoms with van der Waals surface area (Å²) < 4.78 is 41.2. The average molecular weight is 309 g/mol. The standard InChI is InChI=1S/C12H14ClFO4S/c1-4-7(2)18-12(15)9-5-10(14)8(3)11(6-9)19(13,16)17/h5-7H,4H2,1-3H3. The molecule has 0 spiro atoms. The number of hydrogen-bond donors (Lipinski definition) is 0. The third-order valence-electron chi connectivity index (χ3n) is 2.68. The highest BCUT2D eigenvalue weighted by molar-refractivity contribution is 8.13. The lowest BCUT2D eigenvalue weighted by atomic mass is 10.1. The third kappa shape index (κ3) is 3.91. The number of hydrogen-bond acceptors (Lipinski definition) is 4. The fraction of sp³-hybridized carbons (Fsp3) is 0.417. The molecule has 0 saturated carbocycles. The summed E-state index contributed by atoms with van der Waals surface area (Å²) in [6.45, 7) is 4.78. The molecule has 0 aliphatic heterocycles. The van der Waals surface area contributed by atoms with Gasteiger partial charge in [0.05, 0.1) is 16.6 Å².